The van der Waals surface area contributed by atoms with Crippen molar-refractivity contribution in [2.45, 2.75) is 0 Å². The zero-order valence-corrected chi connectivity index (χ0v) is 14.8. The van der Waals surface area contributed by atoms with Gasteiger partial charge in [0.2, 0.25) is 0 Å². The third-order valence-electron chi connectivity index (χ3n) is 3.55. The topological polar surface area (TPSA) is 85.6 Å². The van der Waals surface area contributed by atoms with Gasteiger partial charge in [-0.2, -0.15) is 0 Å². The van der Waals surface area contributed by atoms with E-state index < -0.39 is 0 Å². The van der Waals surface area contributed by atoms with Crippen molar-refractivity contribution in [2.24, 2.45) is 0 Å². The SMILES string of the molecule is O=C(Nc1cccc(-n2cnnn2)c1)c1csc(-c2ccc(Cl)cc2)n1. The quantitative estimate of drug-likeness (QED) is 0.581. The summed E-state index contributed by atoms with van der Waals surface area (Å²) in [7, 11) is 0. The molecule has 0 radical (unpaired) electrons. The molecule has 4 rings (SSSR count). The molecule has 0 atom stereocenters. The lowest BCUT2D eigenvalue weighted by Gasteiger charge is -2.05. The monoisotopic (exact) mass is 382 g/mol. The number of nitrogens with zero attached hydrogens (tertiary/aromatic N) is 5. The maximum Gasteiger partial charge on any atom is 0.275 e. The Kier molecular flexibility index (Phi) is 4.42. The predicted molar refractivity (Wildman–Crippen MR) is 99.7 cm³/mol. The first-order chi connectivity index (χ1) is 12.7. The molecule has 0 bridgehead atoms. The minimum atomic E-state index is -0.282. The van der Waals surface area contributed by atoms with Crippen LogP contribution in [0.1, 0.15) is 10.5 Å². The zero-order chi connectivity index (χ0) is 17.9. The minimum Gasteiger partial charge on any atom is -0.321 e. The Labute approximate surface area is 157 Å². The normalized spacial score (nSPS) is 10.7. The lowest BCUT2D eigenvalue weighted by atomic mass is 10.2. The number of aromatic nitrogens is 5. The number of halogens is 1. The van der Waals surface area contributed by atoms with Crippen molar-refractivity contribution in [2.75, 3.05) is 5.32 Å². The molecule has 0 aliphatic carbocycles. The molecule has 2 aromatic heterocycles. The molecule has 0 fully saturated rings. The van der Waals surface area contributed by atoms with Gasteiger partial charge in [0.1, 0.15) is 17.0 Å². The van der Waals surface area contributed by atoms with E-state index in [2.05, 4.69) is 25.8 Å². The summed E-state index contributed by atoms with van der Waals surface area (Å²) in [6.45, 7) is 0. The molecule has 2 aromatic carbocycles. The number of hydrogen-bond donors (Lipinski definition) is 1. The van der Waals surface area contributed by atoms with Gasteiger partial charge in [-0.25, -0.2) is 9.67 Å². The molecule has 128 valence electrons. The summed E-state index contributed by atoms with van der Waals surface area (Å²) in [4.78, 5) is 16.9. The van der Waals surface area contributed by atoms with E-state index in [-0.39, 0.29) is 5.91 Å². The van der Waals surface area contributed by atoms with Gasteiger partial charge in [-0.05, 0) is 40.8 Å². The average molecular weight is 383 g/mol. The second-order valence-corrected chi connectivity index (χ2v) is 6.60. The highest BCUT2D eigenvalue weighted by atomic mass is 35.5. The van der Waals surface area contributed by atoms with Gasteiger partial charge in [-0.3, -0.25) is 4.79 Å². The fraction of sp³-hybridized carbons (Fsp3) is 0. The van der Waals surface area contributed by atoms with Gasteiger partial charge < -0.3 is 5.32 Å². The van der Waals surface area contributed by atoms with E-state index >= 15 is 0 Å². The number of thiazole rings is 1. The number of hydrogen-bond acceptors (Lipinski definition) is 6. The number of amides is 1. The molecule has 9 heteroatoms. The third-order valence-corrected chi connectivity index (χ3v) is 4.69. The number of anilines is 1. The van der Waals surface area contributed by atoms with E-state index in [0.717, 1.165) is 16.3 Å². The van der Waals surface area contributed by atoms with Crippen LogP contribution in [0.2, 0.25) is 5.02 Å². The van der Waals surface area contributed by atoms with Crippen molar-refractivity contribution in [3.8, 4) is 16.3 Å². The first kappa shape index (κ1) is 16.4. The summed E-state index contributed by atoms with van der Waals surface area (Å²) < 4.78 is 1.51. The smallest absolute Gasteiger partial charge is 0.275 e. The van der Waals surface area contributed by atoms with Crippen LogP contribution in [-0.4, -0.2) is 31.1 Å². The summed E-state index contributed by atoms with van der Waals surface area (Å²) in [6.07, 6.45) is 1.49. The van der Waals surface area contributed by atoms with Gasteiger partial charge in [-0.15, -0.1) is 16.4 Å². The van der Waals surface area contributed by atoms with Gasteiger partial charge in [0.05, 0.1) is 5.69 Å². The standard InChI is InChI=1S/C17H11ClN6OS/c18-12-6-4-11(5-7-12)17-21-15(9-26-17)16(25)20-13-2-1-3-14(8-13)24-10-19-22-23-24/h1-10H,(H,20,25). The highest BCUT2D eigenvalue weighted by Crippen LogP contribution is 2.25. The Bertz CT molecular complexity index is 1050. The summed E-state index contributed by atoms with van der Waals surface area (Å²) in [5.74, 6) is -0.282. The molecule has 0 saturated carbocycles. The highest BCUT2D eigenvalue weighted by Gasteiger charge is 2.12. The molecule has 2 heterocycles. The summed E-state index contributed by atoms with van der Waals surface area (Å²) in [5, 5.41) is 17.0. The molecule has 26 heavy (non-hydrogen) atoms. The highest BCUT2D eigenvalue weighted by molar-refractivity contribution is 7.13. The molecule has 0 spiro atoms. The predicted octanol–water partition coefficient (Wildman–Crippen LogP) is 3.69. The van der Waals surface area contributed by atoms with Crippen LogP contribution in [-0.2, 0) is 0 Å². The second kappa shape index (κ2) is 7.03. The number of carbonyl (C=O) groups excluding carboxylic acids is 1. The summed E-state index contributed by atoms with van der Waals surface area (Å²) in [5.41, 5.74) is 2.64. The van der Waals surface area contributed by atoms with Gasteiger partial charge in [-0.1, -0.05) is 29.8 Å². The molecule has 0 aliphatic rings. The van der Waals surface area contributed by atoms with Crippen molar-refractivity contribution in [1.82, 2.24) is 25.2 Å². The number of tetrazole rings is 1. The van der Waals surface area contributed by atoms with E-state index in [4.69, 9.17) is 11.6 Å². The van der Waals surface area contributed by atoms with E-state index in [1.165, 1.54) is 22.3 Å². The average Bonchev–Trinajstić information content (AvgIpc) is 3.35. The van der Waals surface area contributed by atoms with Crippen molar-refractivity contribution < 1.29 is 4.79 Å². The maximum atomic E-state index is 12.5. The Morgan fingerprint density at radius 3 is 2.77 bits per heavy atom. The van der Waals surface area contributed by atoms with Crippen molar-refractivity contribution >= 4 is 34.5 Å². The molecule has 0 aliphatic heterocycles. The fourth-order valence-corrected chi connectivity index (χ4v) is 3.24. The Morgan fingerprint density at radius 1 is 1.15 bits per heavy atom. The fourth-order valence-electron chi connectivity index (χ4n) is 2.30. The van der Waals surface area contributed by atoms with Crippen LogP contribution in [0.15, 0.2) is 60.2 Å². The molecule has 7 nitrogen and oxygen atoms in total. The zero-order valence-electron chi connectivity index (χ0n) is 13.2. The number of carbonyl (C=O) groups is 1. The van der Waals surface area contributed by atoms with Crippen molar-refractivity contribution in [3.05, 3.63) is 71.0 Å². The van der Waals surface area contributed by atoms with Crippen LogP contribution in [0.3, 0.4) is 0 Å². The molecule has 4 aromatic rings. The molecule has 1 N–H and O–H groups in total. The van der Waals surface area contributed by atoms with Crippen molar-refractivity contribution in [1.29, 1.82) is 0 Å². The van der Waals surface area contributed by atoms with Gasteiger partial charge in [0, 0.05) is 21.7 Å². The molecular formula is C17H11ClN6OS. The number of nitrogens with one attached hydrogen (secondary N) is 1. The van der Waals surface area contributed by atoms with Crippen molar-refractivity contribution in [3.63, 3.8) is 0 Å². The molecule has 0 unspecified atom stereocenters. The lowest BCUT2D eigenvalue weighted by Crippen LogP contribution is -2.12. The summed E-state index contributed by atoms with van der Waals surface area (Å²) in [6, 6.07) is 14.6. The van der Waals surface area contributed by atoms with Crippen LogP contribution >= 0.6 is 22.9 Å². The van der Waals surface area contributed by atoms with E-state index in [1.54, 1.807) is 29.6 Å². The number of rotatable bonds is 4. The minimum absolute atomic E-state index is 0.282. The van der Waals surface area contributed by atoms with Crippen LogP contribution < -0.4 is 5.32 Å². The van der Waals surface area contributed by atoms with Gasteiger partial charge in [0.15, 0.2) is 0 Å². The van der Waals surface area contributed by atoms with Crippen LogP contribution in [0.5, 0.6) is 0 Å². The first-order valence-electron chi connectivity index (χ1n) is 7.55. The lowest BCUT2D eigenvalue weighted by molar-refractivity contribution is 0.102. The second-order valence-electron chi connectivity index (χ2n) is 5.30. The molecule has 1 amide bonds. The van der Waals surface area contributed by atoms with Gasteiger partial charge in [0.25, 0.3) is 5.91 Å². The van der Waals surface area contributed by atoms with Crippen LogP contribution in [0.4, 0.5) is 5.69 Å². The maximum absolute atomic E-state index is 12.5. The molecule has 0 saturated heterocycles. The van der Waals surface area contributed by atoms with Crippen LogP contribution in [0.25, 0.3) is 16.3 Å². The Morgan fingerprint density at radius 2 is 2.00 bits per heavy atom. The Balaban J connectivity index is 1.52. The van der Waals surface area contributed by atoms with Gasteiger partial charge >= 0.3 is 0 Å². The van der Waals surface area contributed by atoms with Crippen LogP contribution in [0, 0.1) is 0 Å². The van der Waals surface area contributed by atoms with E-state index in [1.807, 2.05) is 24.3 Å². The number of benzene rings is 2. The summed E-state index contributed by atoms with van der Waals surface area (Å²) >= 11 is 7.30. The van der Waals surface area contributed by atoms with E-state index in [9.17, 15) is 4.79 Å². The Hall–Kier alpha value is -3.10. The molecular weight excluding hydrogens is 372 g/mol. The third kappa shape index (κ3) is 3.46. The van der Waals surface area contributed by atoms with E-state index in [0.29, 0.717) is 16.4 Å². The first-order valence-corrected chi connectivity index (χ1v) is 8.81. The largest absolute Gasteiger partial charge is 0.321 e.